The van der Waals surface area contributed by atoms with Crippen LogP contribution in [0.2, 0.25) is 0 Å². The van der Waals surface area contributed by atoms with Gasteiger partial charge in [0.2, 0.25) is 0 Å². The van der Waals surface area contributed by atoms with Gasteiger partial charge >= 0.3 is 0 Å². The van der Waals surface area contributed by atoms with Gasteiger partial charge < -0.3 is 0 Å². The van der Waals surface area contributed by atoms with E-state index in [2.05, 4.69) is 78.9 Å². The Labute approximate surface area is 128 Å². The van der Waals surface area contributed by atoms with E-state index in [9.17, 15) is 0 Å². The van der Waals surface area contributed by atoms with Gasteiger partial charge in [-0.3, -0.25) is 0 Å². The van der Waals surface area contributed by atoms with Crippen LogP contribution in [0.4, 0.5) is 0 Å². The maximum absolute atomic E-state index is 6.57. The number of rotatable bonds is 3. The van der Waals surface area contributed by atoms with Crippen LogP contribution in [-0.2, 0) is 6.42 Å². The second-order valence-corrected chi connectivity index (χ2v) is 6.24. The molecule has 0 aliphatic carbocycles. The average molecular weight is 371 g/mol. The molecule has 0 spiro atoms. The summed E-state index contributed by atoms with van der Waals surface area (Å²) in [7, 11) is 0. The highest BCUT2D eigenvalue weighted by atomic mass is 127. The Kier molecular flexibility index (Phi) is 4.68. The maximum Gasteiger partial charge on any atom is 0.0636 e. The standard InChI is InChI=1S/C16H16ClI/c1-11-5-3-7-13(9-11)10-15(17)14-8-4-6-12(2)16(14)18/h3-9,15H,10H2,1-2H3. The Hall–Kier alpha value is -0.540. The van der Waals surface area contributed by atoms with Crippen LogP contribution in [-0.4, -0.2) is 0 Å². The van der Waals surface area contributed by atoms with Gasteiger partial charge in [-0.25, -0.2) is 0 Å². The van der Waals surface area contributed by atoms with Gasteiger partial charge in [0.25, 0.3) is 0 Å². The Morgan fingerprint density at radius 2 is 1.83 bits per heavy atom. The van der Waals surface area contributed by atoms with Gasteiger partial charge in [0.05, 0.1) is 5.38 Å². The van der Waals surface area contributed by atoms with Crippen molar-refractivity contribution < 1.29 is 0 Å². The topological polar surface area (TPSA) is 0 Å². The Balaban J connectivity index is 2.22. The Morgan fingerprint density at radius 1 is 1.11 bits per heavy atom. The summed E-state index contributed by atoms with van der Waals surface area (Å²) >= 11 is 8.95. The first-order valence-electron chi connectivity index (χ1n) is 6.02. The zero-order valence-corrected chi connectivity index (χ0v) is 13.5. The third kappa shape index (κ3) is 3.27. The minimum absolute atomic E-state index is 0.0404. The fraction of sp³-hybridized carbons (Fsp3) is 0.250. The highest BCUT2D eigenvalue weighted by Crippen LogP contribution is 2.30. The summed E-state index contributed by atoms with van der Waals surface area (Å²) in [6.07, 6.45) is 0.878. The van der Waals surface area contributed by atoms with Gasteiger partial charge in [-0.15, -0.1) is 11.6 Å². The van der Waals surface area contributed by atoms with Gasteiger partial charge in [-0.05, 0) is 59.5 Å². The van der Waals surface area contributed by atoms with E-state index in [-0.39, 0.29) is 5.38 Å². The fourth-order valence-electron chi connectivity index (χ4n) is 2.07. The molecule has 1 atom stereocenters. The van der Waals surface area contributed by atoms with Crippen molar-refractivity contribution >= 4 is 34.2 Å². The molecule has 0 aromatic heterocycles. The largest absolute Gasteiger partial charge is 0.117 e. The van der Waals surface area contributed by atoms with E-state index in [1.165, 1.54) is 25.8 Å². The monoisotopic (exact) mass is 370 g/mol. The van der Waals surface area contributed by atoms with Crippen LogP contribution in [0.1, 0.15) is 27.6 Å². The van der Waals surface area contributed by atoms with E-state index in [1.54, 1.807) is 0 Å². The molecule has 2 aromatic carbocycles. The van der Waals surface area contributed by atoms with E-state index in [4.69, 9.17) is 11.6 Å². The third-order valence-electron chi connectivity index (χ3n) is 3.06. The number of aryl methyl sites for hydroxylation is 2. The number of alkyl halides is 1. The summed E-state index contributed by atoms with van der Waals surface area (Å²) in [6, 6.07) is 14.9. The van der Waals surface area contributed by atoms with Crippen LogP contribution in [0.25, 0.3) is 0 Å². The number of hydrogen-bond acceptors (Lipinski definition) is 0. The van der Waals surface area contributed by atoms with E-state index in [0.717, 1.165) is 6.42 Å². The molecule has 2 rings (SSSR count). The molecule has 0 radical (unpaired) electrons. The SMILES string of the molecule is Cc1cccc(CC(Cl)c2cccc(C)c2I)c1. The summed E-state index contributed by atoms with van der Waals surface area (Å²) in [5, 5.41) is 0.0404. The van der Waals surface area contributed by atoms with Crippen LogP contribution >= 0.6 is 34.2 Å². The highest BCUT2D eigenvalue weighted by molar-refractivity contribution is 14.1. The van der Waals surface area contributed by atoms with Crippen molar-refractivity contribution in [3.05, 3.63) is 68.3 Å². The quantitative estimate of drug-likeness (QED) is 0.499. The average Bonchev–Trinajstić information content (AvgIpc) is 2.32. The first kappa shape index (κ1) is 13.9. The number of benzene rings is 2. The molecule has 94 valence electrons. The van der Waals surface area contributed by atoms with E-state index in [1.807, 2.05) is 0 Å². The number of hydrogen-bond donors (Lipinski definition) is 0. The molecule has 0 aliphatic rings. The molecule has 1 unspecified atom stereocenters. The highest BCUT2D eigenvalue weighted by Gasteiger charge is 2.13. The molecule has 0 heterocycles. The van der Waals surface area contributed by atoms with Crippen molar-refractivity contribution in [2.24, 2.45) is 0 Å². The molecule has 0 bridgehead atoms. The second-order valence-electron chi connectivity index (χ2n) is 4.64. The minimum Gasteiger partial charge on any atom is -0.117 e. The van der Waals surface area contributed by atoms with Crippen LogP contribution < -0.4 is 0 Å². The lowest BCUT2D eigenvalue weighted by Crippen LogP contribution is -2.00. The fourth-order valence-corrected chi connectivity index (χ4v) is 3.35. The molecule has 0 nitrogen and oxygen atoms in total. The van der Waals surface area contributed by atoms with Gasteiger partial charge in [-0.2, -0.15) is 0 Å². The molecular weight excluding hydrogens is 355 g/mol. The van der Waals surface area contributed by atoms with Crippen molar-refractivity contribution in [3.8, 4) is 0 Å². The zero-order chi connectivity index (χ0) is 13.1. The molecule has 0 amide bonds. The Bertz CT molecular complexity index is 549. The second kappa shape index (κ2) is 6.07. The van der Waals surface area contributed by atoms with Crippen molar-refractivity contribution in [1.82, 2.24) is 0 Å². The van der Waals surface area contributed by atoms with Gasteiger partial charge in [0.1, 0.15) is 0 Å². The Morgan fingerprint density at radius 3 is 2.56 bits per heavy atom. The predicted molar refractivity (Wildman–Crippen MR) is 87.4 cm³/mol. The molecule has 0 saturated heterocycles. The molecule has 0 aliphatic heterocycles. The summed E-state index contributed by atoms with van der Waals surface area (Å²) in [4.78, 5) is 0. The third-order valence-corrected chi connectivity index (χ3v) is 4.92. The van der Waals surface area contributed by atoms with Gasteiger partial charge in [0.15, 0.2) is 0 Å². The van der Waals surface area contributed by atoms with Gasteiger partial charge in [0, 0.05) is 3.57 Å². The molecule has 2 heteroatoms. The van der Waals surface area contributed by atoms with Crippen LogP contribution in [0, 0.1) is 17.4 Å². The van der Waals surface area contributed by atoms with Crippen LogP contribution in [0.15, 0.2) is 42.5 Å². The predicted octanol–water partition coefficient (Wildman–Crippen LogP) is 5.43. The minimum atomic E-state index is 0.0404. The smallest absolute Gasteiger partial charge is 0.0636 e. The molecular formula is C16H16ClI. The molecule has 0 saturated carbocycles. The maximum atomic E-state index is 6.57. The van der Waals surface area contributed by atoms with Crippen molar-refractivity contribution in [2.75, 3.05) is 0 Å². The lowest BCUT2D eigenvalue weighted by Gasteiger charge is -2.14. The summed E-state index contributed by atoms with van der Waals surface area (Å²) in [5.41, 5.74) is 5.12. The van der Waals surface area contributed by atoms with Crippen LogP contribution in [0.5, 0.6) is 0 Å². The van der Waals surface area contributed by atoms with E-state index >= 15 is 0 Å². The number of halogens is 2. The lowest BCUT2D eigenvalue weighted by molar-refractivity contribution is 0.910. The van der Waals surface area contributed by atoms with E-state index in [0.29, 0.717) is 0 Å². The summed E-state index contributed by atoms with van der Waals surface area (Å²) in [6.45, 7) is 4.24. The molecule has 0 N–H and O–H groups in total. The summed E-state index contributed by atoms with van der Waals surface area (Å²) in [5.74, 6) is 0. The van der Waals surface area contributed by atoms with E-state index < -0.39 is 0 Å². The molecule has 0 fully saturated rings. The normalized spacial score (nSPS) is 12.4. The van der Waals surface area contributed by atoms with Crippen molar-refractivity contribution in [2.45, 2.75) is 25.6 Å². The first-order valence-corrected chi connectivity index (χ1v) is 7.54. The van der Waals surface area contributed by atoms with Gasteiger partial charge in [-0.1, -0.05) is 48.0 Å². The lowest BCUT2D eigenvalue weighted by atomic mass is 10.0. The zero-order valence-electron chi connectivity index (χ0n) is 10.6. The van der Waals surface area contributed by atoms with Crippen molar-refractivity contribution in [3.63, 3.8) is 0 Å². The van der Waals surface area contributed by atoms with Crippen molar-refractivity contribution in [1.29, 1.82) is 0 Å². The van der Waals surface area contributed by atoms with Crippen LogP contribution in [0.3, 0.4) is 0 Å². The molecule has 18 heavy (non-hydrogen) atoms. The molecule has 2 aromatic rings. The summed E-state index contributed by atoms with van der Waals surface area (Å²) < 4.78 is 1.28. The first-order chi connectivity index (χ1) is 8.58.